The zero-order chi connectivity index (χ0) is 26.2. The van der Waals surface area contributed by atoms with Crippen LogP contribution in [0.25, 0.3) is 0 Å². The summed E-state index contributed by atoms with van der Waals surface area (Å²) in [6.45, 7) is 2.39. The average molecular weight is 521 g/mol. The fourth-order valence-electron chi connectivity index (χ4n) is 3.76. The summed E-state index contributed by atoms with van der Waals surface area (Å²) in [6, 6.07) is 15.2. The zero-order valence-electron chi connectivity index (χ0n) is 21.1. The largest absolute Gasteiger partial charge is 0.463 e. The molecule has 0 spiro atoms. The number of ether oxygens (including phenoxy) is 1. The molecule has 2 aromatic rings. The average Bonchev–Trinajstić information content (AvgIpc) is 2.89. The van der Waals surface area contributed by atoms with Gasteiger partial charge in [-0.25, -0.2) is 5.43 Å². The SMILES string of the molecule is CCCCCC(O)c1ccc(N(NCCCCCCC(=O)OCCO)S(=O)(=O)c2ccccc2)cc1. The summed E-state index contributed by atoms with van der Waals surface area (Å²) < 4.78 is 32.8. The Morgan fingerprint density at radius 2 is 1.67 bits per heavy atom. The Kier molecular flexibility index (Phi) is 13.5. The molecule has 8 nitrogen and oxygen atoms in total. The van der Waals surface area contributed by atoms with Crippen molar-refractivity contribution in [1.82, 2.24) is 5.43 Å². The number of unbranched alkanes of at least 4 members (excludes halogenated alkanes) is 5. The minimum absolute atomic E-state index is 0.0211. The summed E-state index contributed by atoms with van der Waals surface area (Å²) in [6.07, 6.45) is 6.54. The number of nitrogens with zero attached hydrogens (tertiary/aromatic N) is 1. The number of hydrazine groups is 1. The van der Waals surface area contributed by atoms with Crippen LogP contribution in [0.3, 0.4) is 0 Å². The highest BCUT2D eigenvalue weighted by atomic mass is 32.2. The van der Waals surface area contributed by atoms with E-state index >= 15 is 0 Å². The summed E-state index contributed by atoms with van der Waals surface area (Å²) in [7, 11) is -3.84. The zero-order valence-corrected chi connectivity index (χ0v) is 22.0. The van der Waals surface area contributed by atoms with Crippen molar-refractivity contribution in [3.05, 3.63) is 60.2 Å². The van der Waals surface area contributed by atoms with E-state index in [-0.39, 0.29) is 24.1 Å². The number of anilines is 1. The summed E-state index contributed by atoms with van der Waals surface area (Å²) in [4.78, 5) is 11.7. The fourth-order valence-corrected chi connectivity index (χ4v) is 5.13. The number of sulfonamides is 1. The van der Waals surface area contributed by atoms with Gasteiger partial charge in [0.1, 0.15) is 6.61 Å². The fraction of sp³-hybridized carbons (Fsp3) is 0.519. The van der Waals surface area contributed by atoms with Gasteiger partial charge < -0.3 is 14.9 Å². The number of hydrogen-bond acceptors (Lipinski definition) is 7. The van der Waals surface area contributed by atoms with Crippen molar-refractivity contribution in [1.29, 1.82) is 0 Å². The molecule has 0 heterocycles. The first-order valence-corrected chi connectivity index (χ1v) is 14.2. The van der Waals surface area contributed by atoms with E-state index in [1.54, 1.807) is 54.6 Å². The van der Waals surface area contributed by atoms with Gasteiger partial charge in [0.15, 0.2) is 0 Å². The monoisotopic (exact) mass is 520 g/mol. The van der Waals surface area contributed by atoms with Gasteiger partial charge in [-0.15, -0.1) is 0 Å². The van der Waals surface area contributed by atoms with E-state index in [0.717, 1.165) is 44.1 Å². The van der Waals surface area contributed by atoms with Gasteiger partial charge in [-0.3, -0.25) is 4.79 Å². The van der Waals surface area contributed by atoms with Crippen molar-refractivity contribution in [3.63, 3.8) is 0 Å². The Bertz CT molecular complexity index is 983. The van der Waals surface area contributed by atoms with Crippen LogP contribution in [0, 0.1) is 0 Å². The molecule has 0 radical (unpaired) electrons. The van der Waals surface area contributed by atoms with Crippen molar-refractivity contribution in [2.45, 2.75) is 75.7 Å². The first-order chi connectivity index (χ1) is 17.4. The number of aliphatic hydroxyl groups excluding tert-OH is 2. The van der Waals surface area contributed by atoms with E-state index in [0.29, 0.717) is 31.5 Å². The highest BCUT2D eigenvalue weighted by Gasteiger charge is 2.25. The second-order valence-electron chi connectivity index (χ2n) is 8.70. The smallest absolute Gasteiger partial charge is 0.305 e. The third-order valence-electron chi connectivity index (χ3n) is 5.79. The van der Waals surface area contributed by atoms with Crippen LogP contribution in [0.2, 0.25) is 0 Å². The first kappa shape index (κ1) is 29.8. The van der Waals surface area contributed by atoms with Gasteiger partial charge in [0.05, 0.1) is 23.3 Å². The van der Waals surface area contributed by atoms with Gasteiger partial charge in [0.25, 0.3) is 10.0 Å². The van der Waals surface area contributed by atoms with Crippen LogP contribution in [-0.4, -0.2) is 44.4 Å². The molecule has 0 aliphatic rings. The van der Waals surface area contributed by atoms with E-state index in [2.05, 4.69) is 12.3 Å². The Morgan fingerprint density at radius 1 is 0.972 bits per heavy atom. The lowest BCUT2D eigenvalue weighted by molar-refractivity contribution is -0.144. The molecule has 0 aromatic heterocycles. The number of carbonyl (C=O) groups excluding carboxylic acids is 1. The normalized spacial score (nSPS) is 12.3. The number of benzene rings is 2. The Morgan fingerprint density at radius 3 is 2.33 bits per heavy atom. The molecule has 36 heavy (non-hydrogen) atoms. The van der Waals surface area contributed by atoms with Crippen molar-refractivity contribution in [2.24, 2.45) is 0 Å². The maximum Gasteiger partial charge on any atom is 0.305 e. The summed E-state index contributed by atoms with van der Waals surface area (Å²) in [5, 5.41) is 19.1. The molecule has 0 saturated heterocycles. The van der Waals surface area contributed by atoms with Crippen LogP contribution >= 0.6 is 0 Å². The highest BCUT2D eigenvalue weighted by molar-refractivity contribution is 7.92. The molecule has 0 aliphatic carbocycles. The van der Waals surface area contributed by atoms with Gasteiger partial charge in [-0.1, -0.05) is 69.4 Å². The summed E-state index contributed by atoms with van der Waals surface area (Å²) >= 11 is 0. The lowest BCUT2D eigenvalue weighted by atomic mass is 10.0. The predicted octanol–water partition coefficient (Wildman–Crippen LogP) is 4.49. The van der Waals surface area contributed by atoms with Crippen LogP contribution in [0.4, 0.5) is 5.69 Å². The number of esters is 1. The Labute approximate surface area is 215 Å². The molecule has 200 valence electrons. The molecule has 2 aromatic carbocycles. The van der Waals surface area contributed by atoms with Crippen molar-refractivity contribution in [3.8, 4) is 0 Å². The first-order valence-electron chi connectivity index (χ1n) is 12.8. The molecule has 0 saturated carbocycles. The van der Waals surface area contributed by atoms with Crippen LogP contribution in [0.15, 0.2) is 59.5 Å². The number of hydrogen-bond donors (Lipinski definition) is 3. The van der Waals surface area contributed by atoms with Gasteiger partial charge in [-0.2, -0.15) is 12.8 Å². The summed E-state index contributed by atoms with van der Waals surface area (Å²) in [5.74, 6) is -0.318. The van der Waals surface area contributed by atoms with Crippen LogP contribution < -0.4 is 9.84 Å². The van der Waals surface area contributed by atoms with E-state index in [1.165, 1.54) is 4.41 Å². The second-order valence-corrected chi connectivity index (χ2v) is 10.5. The highest BCUT2D eigenvalue weighted by Crippen LogP contribution is 2.26. The quantitative estimate of drug-likeness (QED) is 0.151. The molecule has 3 N–H and O–H groups in total. The molecule has 0 amide bonds. The molecule has 1 unspecified atom stereocenters. The maximum atomic E-state index is 13.4. The molecular weight excluding hydrogens is 480 g/mol. The van der Waals surface area contributed by atoms with Crippen LogP contribution in [-0.2, 0) is 19.6 Å². The Balaban J connectivity index is 2.00. The third-order valence-corrected chi connectivity index (χ3v) is 7.48. The van der Waals surface area contributed by atoms with E-state index in [9.17, 15) is 18.3 Å². The number of nitrogens with one attached hydrogen (secondary N) is 1. The number of rotatable bonds is 18. The van der Waals surface area contributed by atoms with Gasteiger partial charge in [0.2, 0.25) is 0 Å². The lowest BCUT2D eigenvalue weighted by Gasteiger charge is -2.25. The molecule has 0 fully saturated rings. The topological polar surface area (TPSA) is 116 Å². The molecule has 9 heteroatoms. The molecule has 2 rings (SSSR count). The third kappa shape index (κ3) is 9.89. The molecule has 1 atom stereocenters. The minimum Gasteiger partial charge on any atom is -0.463 e. The molecule has 0 aliphatic heterocycles. The van der Waals surface area contributed by atoms with E-state index < -0.39 is 16.1 Å². The minimum atomic E-state index is -3.84. The maximum absolute atomic E-state index is 13.4. The van der Waals surface area contributed by atoms with E-state index in [4.69, 9.17) is 9.84 Å². The summed E-state index contributed by atoms with van der Waals surface area (Å²) in [5.41, 5.74) is 4.29. The number of carbonyl (C=O) groups is 1. The van der Waals surface area contributed by atoms with Gasteiger partial charge >= 0.3 is 5.97 Å². The number of aliphatic hydroxyl groups is 2. The lowest BCUT2D eigenvalue weighted by Crippen LogP contribution is -2.43. The predicted molar refractivity (Wildman–Crippen MR) is 141 cm³/mol. The van der Waals surface area contributed by atoms with Crippen molar-refractivity contribution < 1.29 is 28.2 Å². The van der Waals surface area contributed by atoms with Crippen molar-refractivity contribution in [2.75, 3.05) is 24.2 Å². The van der Waals surface area contributed by atoms with Crippen molar-refractivity contribution >= 4 is 21.7 Å². The van der Waals surface area contributed by atoms with Gasteiger partial charge in [0, 0.05) is 13.0 Å². The van der Waals surface area contributed by atoms with Crippen LogP contribution in [0.5, 0.6) is 0 Å². The molecular formula is C27H40N2O6S. The Hall–Kier alpha value is -2.46. The standard InChI is InChI=1S/C27H40N2O6S/c1-2-3-7-14-26(31)23-16-18-24(19-17-23)29(36(33,34)25-12-8-6-9-13-25)28-20-11-5-4-10-15-27(32)35-22-21-30/h6,8-9,12-13,16-19,26,28,30-31H,2-5,7,10-11,14-15,20-22H2,1H3. The second kappa shape index (κ2) is 16.3. The van der Waals surface area contributed by atoms with Crippen LogP contribution in [0.1, 0.15) is 76.4 Å². The van der Waals surface area contributed by atoms with Gasteiger partial charge in [-0.05, 0) is 49.1 Å². The molecule has 0 bridgehead atoms. The van der Waals surface area contributed by atoms with E-state index in [1.807, 2.05) is 0 Å².